The number of ether oxygens (including phenoxy) is 1. The van der Waals surface area contributed by atoms with Crippen molar-refractivity contribution in [2.24, 2.45) is 0 Å². The Morgan fingerprint density at radius 2 is 1.08 bits per heavy atom. The molecule has 5 heteroatoms. The van der Waals surface area contributed by atoms with Crippen molar-refractivity contribution in [3.8, 4) is 56.9 Å². The highest BCUT2D eigenvalue weighted by Crippen LogP contribution is 2.64. The summed E-state index contributed by atoms with van der Waals surface area (Å²) < 4.78 is 9.74. The molecule has 1 aliphatic carbocycles. The standard InChI is InChI=1S/C48H28N4O/c49-29-31-28-30(24-25-33(31)47-50-26-11-27-51-47)32-16-9-19-40-45(32)53-46-41(48(40)38-17-5-1-12-34(38)35-13-2-6-18-39(35)48)20-10-23-44(46)52-42-21-7-3-14-36(42)37-15-4-8-22-43(37)52/h1-28H. The molecule has 0 bridgehead atoms. The van der Waals surface area contributed by atoms with Crippen molar-refractivity contribution < 1.29 is 4.74 Å². The molecule has 2 aromatic heterocycles. The summed E-state index contributed by atoms with van der Waals surface area (Å²) >= 11 is 0. The van der Waals surface area contributed by atoms with E-state index in [1.54, 1.807) is 18.5 Å². The Kier molecular flexibility index (Phi) is 6.17. The lowest BCUT2D eigenvalue weighted by Gasteiger charge is -2.40. The molecule has 1 aliphatic heterocycles. The van der Waals surface area contributed by atoms with Crippen molar-refractivity contribution in [2.45, 2.75) is 5.41 Å². The lowest BCUT2D eigenvalue weighted by molar-refractivity contribution is 0.436. The monoisotopic (exact) mass is 676 g/mol. The van der Waals surface area contributed by atoms with Gasteiger partial charge in [-0.3, -0.25) is 0 Å². The predicted molar refractivity (Wildman–Crippen MR) is 209 cm³/mol. The number of benzene rings is 7. The first-order valence-electron chi connectivity index (χ1n) is 17.7. The molecule has 0 saturated carbocycles. The van der Waals surface area contributed by atoms with Crippen molar-refractivity contribution in [3.05, 3.63) is 198 Å². The van der Waals surface area contributed by atoms with Gasteiger partial charge in [0.2, 0.25) is 0 Å². The van der Waals surface area contributed by atoms with E-state index in [0.717, 1.165) is 50.5 Å². The van der Waals surface area contributed by atoms with Crippen LogP contribution in [-0.4, -0.2) is 14.5 Å². The van der Waals surface area contributed by atoms with Crippen LogP contribution in [0.5, 0.6) is 11.5 Å². The van der Waals surface area contributed by atoms with E-state index >= 15 is 0 Å². The maximum absolute atomic E-state index is 10.4. The fraction of sp³-hybridized carbons (Fsp3) is 0.0208. The zero-order valence-corrected chi connectivity index (χ0v) is 28.4. The van der Waals surface area contributed by atoms with E-state index in [9.17, 15) is 5.26 Å². The molecule has 1 spiro atoms. The number of fused-ring (bicyclic) bond motifs is 12. The molecule has 246 valence electrons. The first-order valence-corrected chi connectivity index (χ1v) is 17.7. The molecule has 0 saturated heterocycles. The van der Waals surface area contributed by atoms with Gasteiger partial charge in [0.05, 0.1) is 33.8 Å². The van der Waals surface area contributed by atoms with Crippen LogP contribution >= 0.6 is 0 Å². The quantitative estimate of drug-likeness (QED) is 0.187. The van der Waals surface area contributed by atoms with Crippen LogP contribution < -0.4 is 4.74 Å². The second-order valence-corrected chi connectivity index (χ2v) is 13.6. The Morgan fingerprint density at radius 1 is 0.509 bits per heavy atom. The molecular formula is C48H28N4O. The smallest absolute Gasteiger partial charge is 0.160 e. The summed E-state index contributed by atoms with van der Waals surface area (Å²) in [5.74, 6) is 2.09. The van der Waals surface area contributed by atoms with E-state index in [1.807, 2.05) is 18.2 Å². The summed E-state index contributed by atoms with van der Waals surface area (Å²) in [5.41, 5.74) is 12.5. The molecule has 7 aromatic carbocycles. The van der Waals surface area contributed by atoms with E-state index in [4.69, 9.17) is 4.74 Å². The summed E-state index contributed by atoms with van der Waals surface area (Å²) in [4.78, 5) is 8.87. The van der Waals surface area contributed by atoms with E-state index in [1.165, 1.54) is 33.0 Å². The number of aromatic nitrogens is 3. The topological polar surface area (TPSA) is 63.7 Å². The molecule has 9 aromatic rings. The number of para-hydroxylation sites is 4. The van der Waals surface area contributed by atoms with Gasteiger partial charge in [-0.25, -0.2) is 9.97 Å². The molecule has 0 N–H and O–H groups in total. The van der Waals surface area contributed by atoms with Crippen molar-refractivity contribution >= 4 is 21.8 Å². The molecule has 0 fully saturated rings. The zero-order valence-electron chi connectivity index (χ0n) is 28.4. The highest BCUT2D eigenvalue weighted by molar-refractivity contribution is 6.09. The molecule has 5 nitrogen and oxygen atoms in total. The lowest BCUT2D eigenvalue weighted by atomic mass is 9.65. The highest BCUT2D eigenvalue weighted by atomic mass is 16.5. The Bertz CT molecular complexity index is 2910. The maximum Gasteiger partial charge on any atom is 0.160 e. The van der Waals surface area contributed by atoms with Gasteiger partial charge >= 0.3 is 0 Å². The molecule has 53 heavy (non-hydrogen) atoms. The van der Waals surface area contributed by atoms with E-state index in [0.29, 0.717) is 17.0 Å². The molecule has 0 unspecified atom stereocenters. The Labute approximate surface area is 305 Å². The first-order chi connectivity index (χ1) is 26.3. The van der Waals surface area contributed by atoms with Gasteiger partial charge in [-0.15, -0.1) is 0 Å². The third kappa shape index (κ3) is 3.95. The van der Waals surface area contributed by atoms with Gasteiger partial charge < -0.3 is 9.30 Å². The van der Waals surface area contributed by atoms with Gasteiger partial charge in [0, 0.05) is 45.4 Å². The van der Waals surface area contributed by atoms with Gasteiger partial charge in [0.25, 0.3) is 0 Å². The minimum Gasteiger partial charge on any atom is -0.454 e. The summed E-state index contributed by atoms with van der Waals surface area (Å²) in [7, 11) is 0. The number of hydrogen-bond donors (Lipinski definition) is 0. The van der Waals surface area contributed by atoms with E-state index < -0.39 is 5.41 Å². The normalized spacial score (nSPS) is 13.2. The highest BCUT2D eigenvalue weighted by Gasteiger charge is 2.52. The number of hydrogen-bond acceptors (Lipinski definition) is 4. The van der Waals surface area contributed by atoms with Crippen LogP contribution in [0.4, 0.5) is 0 Å². The Balaban J connectivity index is 1.25. The lowest BCUT2D eigenvalue weighted by Crippen LogP contribution is -2.32. The molecule has 2 aliphatic rings. The number of nitrogens with zero attached hydrogens (tertiary/aromatic N) is 4. The van der Waals surface area contributed by atoms with Crippen LogP contribution in [-0.2, 0) is 5.41 Å². The molecule has 0 amide bonds. The summed E-state index contributed by atoms with van der Waals surface area (Å²) in [6, 6.07) is 57.9. The van der Waals surface area contributed by atoms with Gasteiger partial charge in [-0.2, -0.15) is 5.26 Å². The predicted octanol–water partition coefficient (Wildman–Crippen LogP) is 11.2. The molecule has 3 heterocycles. The molecule has 11 rings (SSSR count). The Hall–Kier alpha value is -7.29. The zero-order chi connectivity index (χ0) is 35.1. The van der Waals surface area contributed by atoms with Crippen LogP contribution in [0.25, 0.3) is 61.1 Å². The fourth-order valence-corrected chi connectivity index (χ4v) is 8.96. The van der Waals surface area contributed by atoms with E-state index in [2.05, 4.69) is 154 Å². The largest absolute Gasteiger partial charge is 0.454 e. The van der Waals surface area contributed by atoms with Crippen molar-refractivity contribution in [1.29, 1.82) is 5.26 Å². The molecular weight excluding hydrogens is 649 g/mol. The van der Waals surface area contributed by atoms with Crippen LogP contribution in [0.2, 0.25) is 0 Å². The summed E-state index contributed by atoms with van der Waals surface area (Å²) in [5, 5.41) is 12.8. The fourth-order valence-electron chi connectivity index (χ4n) is 8.96. The maximum atomic E-state index is 10.4. The third-order valence-corrected chi connectivity index (χ3v) is 11.1. The average molecular weight is 677 g/mol. The van der Waals surface area contributed by atoms with Crippen molar-refractivity contribution in [1.82, 2.24) is 14.5 Å². The summed E-state index contributed by atoms with van der Waals surface area (Å²) in [6.07, 6.45) is 3.39. The molecule has 0 atom stereocenters. The minimum atomic E-state index is -0.670. The van der Waals surface area contributed by atoms with Crippen LogP contribution in [0.15, 0.2) is 170 Å². The van der Waals surface area contributed by atoms with Gasteiger partial charge in [-0.1, -0.05) is 121 Å². The van der Waals surface area contributed by atoms with Crippen LogP contribution in [0.1, 0.15) is 27.8 Å². The van der Waals surface area contributed by atoms with Gasteiger partial charge in [0.1, 0.15) is 5.75 Å². The number of rotatable bonds is 3. The summed E-state index contributed by atoms with van der Waals surface area (Å²) in [6.45, 7) is 0. The second-order valence-electron chi connectivity index (χ2n) is 13.6. The van der Waals surface area contributed by atoms with E-state index in [-0.39, 0.29) is 0 Å². The average Bonchev–Trinajstić information content (AvgIpc) is 3.72. The van der Waals surface area contributed by atoms with Gasteiger partial charge in [-0.05, 0) is 64.2 Å². The third-order valence-electron chi connectivity index (χ3n) is 11.1. The molecule has 0 radical (unpaired) electrons. The van der Waals surface area contributed by atoms with Crippen molar-refractivity contribution in [2.75, 3.05) is 0 Å². The van der Waals surface area contributed by atoms with Crippen LogP contribution in [0.3, 0.4) is 0 Å². The number of nitriles is 1. The second kappa shape index (κ2) is 11.1. The van der Waals surface area contributed by atoms with Crippen molar-refractivity contribution in [3.63, 3.8) is 0 Å². The Morgan fingerprint density at radius 3 is 1.75 bits per heavy atom. The SMILES string of the molecule is N#Cc1cc(-c2cccc3c2Oc2c(-n4c5ccccc5c5ccccc54)cccc2C32c3ccccc3-c3ccccc32)ccc1-c1ncccn1. The van der Waals surface area contributed by atoms with Crippen LogP contribution in [0, 0.1) is 11.3 Å². The first kappa shape index (κ1) is 29.4. The van der Waals surface area contributed by atoms with Gasteiger partial charge in [0.15, 0.2) is 11.6 Å². The minimum absolute atomic E-state index is 0.500.